The molecule has 144 valence electrons. The van der Waals surface area contributed by atoms with Gasteiger partial charge in [-0.3, -0.25) is 14.9 Å². The maximum atomic E-state index is 12.9. The van der Waals surface area contributed by atoms with Crippen molar-refractivity contribution in [2.75, 3.05) is 4.90 Å². The van der Waals surface area contributed by atoms with E-state index in [-0.39, 0.29) is 5.57 Å². The Morgan fingerprint density at radius 1 is 1.00 bits per heavy atom. The van der Waals surface area contributed by atoms with Crippen LogP contribution in [0.1, 0.15) is 43.7 Å². The van der Waals surface area contributed by atoms with E-state index in [1.165, 1.54) is 25.3 Å². The molecule has 0 radical (unpaired) electrons. The largest absolute Gasteiger partial charge is 0.351 e. The molecule has 7 heteroatoms. The number of nitrogens with zero attached hydrogens (tertiary/aromatic N) is 2. The highest BCUT2D eigenvalue weighted by molar-refractivity contribution is 6.39. The molecule has 1 saturated carbocycles. The summed E-state index contributed by atoms with van der Waals surface area (Å²) in [5, 5.41) is 2.72. The van der Waals surface area contributed by atoms with Crippen molar-refractivity contribution in [1.82, 2.24) is 9.88 Å². The van der Waals surface area contributed by atoms with Crippen LogP contribution in [0.4, 0.5) is 10.5 Å². The van der Waals surface area contributed by atoms with Crippen molar-refractivity contribution in [1.29, 1.82) is 0 Å². The summed E-state index contributed by atoms with van der Waals surface area (Å²) in [6, 6.07) is 7.87. The molecule has 1 N–H and O–H groups in total. The van der Waals surface area contributed by atoms with Crippen molar-refractivity contribution in [3.63, 3.8) is 0 Å². The molecule has 28 heavy (non-hydrogen) atoms. The van der Waals surface area contributed by atoms with Gasteiger partial charge in [0.2, 0.25) is 0 Å². The number of aromatic nitrogens is 1. The van der Waals surface area contributed by atoms with E-state index in [2.05, 4.69) is 9.88 Å². The Hall–Kier alpha value is -2.86. The molecule has 2 aliphatic rings. The number of amides is 4. The van der Waals surface area contributed by atoms with Crippen molar-refractivity contribution in [3.05, 3.63) is 58.9 Å². The highest BCUT2D eigenvalue weighted by atomic mass is 35.5. The second kappa shape index (κ2) is 7.64. The molecule has 0 unspecified atom stereocenters. The van der Waals surface area contributed by atoms with Crippen LogP contribution in [0.25, 0.3) is 6.08 Å². The lowest BCUT2D eigenvalue weighted by Crippen LogP contribution is -2.54. The average Bonchev–Trinajstić information content (AvgIpc) is 3.16. The van der Waals surface area contributed by atoms with Gasteiger partial charge in [0, 0.05) is 23.5 Å². The first kappa shape index (κ1) is 18.5. The number of benzene rings is 1. The number of barbiturate groups is 1. The summed E-state index contributed by atoms with van der Waals surface area (Å²) >= 11 is 5.88. The molecule has 1 aromatic carbocycles. The van der Waals surface area contributed by atoms with Crippen LogP contribution >= 0.6 is 11.6 Å². The molecule has 2 heterocycles. The summed E-state index contributed by atoms with van der Waals surface area (Å²) in [5.41, 5.74) is 1.04. The molecular formula is C21H20ClN3O3. The summed E-state index contributed by atoms with van der Waals surface area (Å²) < 4.78 is 2.15. The van der Waals surface area contributed by atoms with Crippen LogP contribution in [-0.2, 0) is 9.59 Å². The van der Waals surface area contributed by atoms with Gasteiger partial charge in [0.05, 0.1) is 5.69 Å². The van der Waals surface area contributed by atoms with E-state index in [1.54, 1.807) is 24.3 Å². The van der Waals surface area contributed by atoms with E-state index < -0.39 is 17.8 Å². The van der Waals surface area contributed by atoms with Gasteiger partial charge in [-0.05, 0) is 54.8 Å². The van der Waals surface area contributed by atoms with Gasteiger partial charge in [0.15, 0.2) is 0 Å². The Balaban J connectivity index is 1.61. The number of nitrogens with one attached hydrogen (secondary N) is 1. The SMILES string of the molecule is O=C1NC(=O)N(c2ccc(Cl)cc2)C(=O)/C1=C\c1ccn(C2CCCCC2)c1. The first-order chi connectivity index (χ1) is 13.5. The standard InChI is InChI=1S/C21H20ClN3O3/c22-15-6-8-17(9-7-15)25-20(27)18(19(26)23-21(25)28)12-14-10-11-24(13-14)16-4-2-1-3-5-16/h6-13,16H,1-5H2,(H,23,26,28)/b18-12-. The topological polar surface area (TPSA) is 71.4 Å². The second-order valence-corrected chi connectivity index (χ2v) is 7.55. The quantitative estimate of drug-likeness (QED) is 0.619. The number of hydrogen-bond donors (Lipinski definition) is 1. The zero-order valence-corrected chi connectivity index (χ0v) is 16.0. The van der Waals surface area contributed by atoms with Gasteiger partial charge in [-0.25, -0.2) is 9.69 Å². The fourth-order valence-corrected chi connectivity index (χ4v) is 3.90. The van der Waals surface area contributed by atoms with E-state index in [0.29, 0.717) is 16.8 Å². The predicted octanol–water partition coefficient (Wildman–Crippen LogP) is 4.31. The first-order valence-corrected chi connectivity index (χ1v) is 9.75. The summed E-state index contributed by atoms with van der Waals surface area (Å²) in [7, 11) is 0. The Morgan fingerprint density at radius 3 is 2.43 bits per heavy atom. The van der Waals surface area contributed by atoms with Crippen molar-refractivity contribution in [3.8, 4) is 0 Å². The minimum absolute atomic E-state index is 0.0732. The molecule has 0 atom stereocenters. The number of imide groups is 2. The molecule has 4 rings (SSSR count). The fraction of sp³-hybridized carbons (Fsp3) is 0.286. The van der Waals surface area contributed by atoms with Gasteiger partial charge in [-0.2, -0.15) is 0 Å². The van der Waals surface area contributed by atoms with Crippen molar-refractivity contribution in [2.24, 2.45) is 0 Å². The molecule has 0 spiro atoms. The highest BCUT2D eigenvalue weighted by Crippen LogP contribution is 2.29. The smallest absolute Gasteiger partial charge is 0.335 e. The molecule has 1 aromatic heterocycles. The van der Waals surface area contributed by atoms with Crippen LogP contribution in [-0.4, -0.2) is 22.4 Å². The molecule has 6 nitrogen and oxygen atoms in total. The molecule has 1 saturated heterocycles. The van der Waals surface area contributed by atoms with Gasteiger partial charge < -0.3 is 4.57 Å². The van der Waals surface area contributed by atoms with Crippen molar-refractivity contribution in [2.45, 2.75) is 38.1 Å². The molecule has 1 aliphatic heterocycles. The Morgan fingerprint density at radius 2 is 1.71 bits per heavy atom. The van der Waals surface area contributed by atoms with Crippen LogP contribution in [0.5, 0.6) is 0 Å². The molecule has 2 aromatic rings. The zero-order chi connectivity index (χ0) is 19.7. The summed E-state index contributed by atoms with van der Waals surface area (Å²) in [4.78, 5) is 38.3. The van der Waals surface area contributed by atoms with E-state index in [1.807, 2.05) is 18.5 Å². The van der Waals surface area contributed by atoms with Gasteiger partial charge in [0.25, 0.3) is 11.8 Å². The monoisotopic (exact) mass is 397 g/mol. The van der Waals surface area contributed by atoms with E-state index >= 15 is 0 Å². The van der Waals surface area contributed by atoms with Crippen molar-refractivity contribution < 1.29 is 14.4 Å². The molecule has 1 aliphatic carbocycles. The van der Waals surface area contributed by atoms with Gasteiger partial charge in [-0.15, -0.1) is 0 Å². The lowest BCUT2D eigenvalue weighted by atomic mass is 9.95. The Kier molecular flexibility index (Phi) is 5.05. The van der Waals surface area contributed by atoms with Crippen LogP contribution < -0.4 is 10.2 Å². The first-order valence-electron chi connectivity index (χ1n) is 9.37. The lowest BCUT2D eigenvalue weighted by Gasteiger charge is -2.26. The average molecular weight is 398 g/mol. The highest BCUT2D eigenvalue weighted by Gasteiger charge is 2.36. The number of carbonyl (C=O) groups is 3. The number of hydrogen-bond acceptors (Lipinski definition) is 3. The minimum Gasteiger partial charge on any atom is -0.351 e. The van der Waals surface area contributed by atoms with Gasteiger partial charge >= 0.3 is 6.03 Å². The van der Waals surface area contributed by atoms with Crippen molar-refractivity contribution >= 4 is 41.2 Å². The number of halogens is 1. The van der Waals surface area contributed by atoms with E-state index in [9.17, 15) is 14.4 Å². The van der Waals surface area contributed by atoms with E-state index in [0.717, 1.165) is 23.3 Å². The maximum absolute atomic E-state index is 12.9. The minimum atomic E-state index is -0.769. The third kappa shape index (κ3) is 3.60. The van der Waals surface area contributed by atoms with Gasteiger partial charge in [0.1, 0.15) is 5.57 Å². The summed E-state index contributed by atoms with van der Waals surface area (Å²) in [6.07, 6.45) is 11.5. The third-order valence-electron chi connectivity index (χ3n) is 5.23. The van der Waals surface area contributed by atoms with Crippen LogP contribution in [0, 0.1) is 0 Å². The normalized spacial score (nSPS) is 20.0. The van der Waals surface area contributed by atoms with Crippen LogP contribution in [0.15, 0.2) is 48.3 Å². The predicted molar refractivity (Wildman–Crippen MR) is 107 cm³/mol. The Labute approximate surface area is 167 Å². The van der Waals surface area contributed by atoms with Crippen LogP contribution in [0.2, 0.25) is 5.02 Å². The summed E-state index contributed by atoms with van der Waals surface area (Å²) in [6.45, 7) is 0. The maximum Gasteiger partial charge on any atom is 0.335 e. The molecule has 4 amide bonds. The number of urea groups is 1. The number of anilines is 1. The molecular weight excluding hydrogens is 378 g/mol. The van der Waals surface area contributed by atoms with E-state index in [4.69, 9.17) is 11.6 Å². The Bertz CT molecular complexity index is 956. The molecule has 0 bridgehead atoms. The zero-order valence-electron chi connectivity index (χ0n) is 15.2. The summed E-state index contributed by atoms with van der Waals surface area (Å²) in [5.74, 6) is -1.34. The van der Waals surface area contributed by atoms with Gasteiger partial charge in [-0.1, -0.05) is 30.9 Å². The second-order valence-electron chi connectivity index (χ2n) is 7.12. The number of carbonyl (C=O) groups excluding carboxylic acids is 3. The van der Waals surface area contributed by atoms with Crippen LogP contribution in [0.3, 0.4) is 0 Å². The third-order valence-corrected chi connectivity index (χ3v) is 5.48. The fourth-order valence-electron chi connectivity index (χ4n) is 3.77. The number of rotatable bonds is 3. The lowest BCUT2D eigenvalue weighted by molar-refractivity contribution is -0.122. The molecule has 2 fully saturated rings.